The molecular formula is C20H27BN2O8. The third-order valence-electron chi connectivity index (χ3n) is 6.25. The predicted octanol–water partition coefficient (Wildman–Crippen LogP) is -0.269. The molecule has 1 aromatic rings. The summed E-state index contributed by atoms with van der Waals surface area (Å²) in [6.45, 7) is 2.84. The molecule has 4 N–H and O–H groups in total. The molecule has 2 saturated heterocycles. The summed E-state index contributed by atoms with van der Waals surface area (Å²) in [6, 6.07) is 3.04. The summed E-state index contributed by atoms with van der Waals surface area (Å²) >= 11 is 0. The van der Waals surface area contributed by atoms with E-state index in [0.29, 0.717) is 44.6 Å². The molecule has 0 spiro atoms. The van der Waals surface area contributed by atoms with E-state index in [1.807, 2.05) is 7.05 Å². The molecule has 4 rings (SSSR count). The number of ether oxygens (including phenoxy) is 2. The molecule has 3 atom stereocenters. The van der Waals surface area contributed by atoms with Gasteiger partial charge in [-0.3, -0.25) is 4.79 Å². The van der Waals surface area contributed by atoms with Gasteiger partial charge in [-0.05, 0) is 31.0 Å². The normalized spacial score (nSPS) is 26.3. The lowest BCUT2D eigenvalue weighted by molar-refractivity contribution is -0.144. The Bertz CT molecular complexity index is 860. The number of aromatic hydroxyl groups is 1. The molecule has 1 saturated carbocycles. The zero-order chi connectivity index (χ0) is 22.3. The van der Waals surface area contributed by atoms with Crippen LogP contribution in [0.2, 0.25) is 5.82 Å². The average Bonchev–Trinajstić information content (AvgIpc) is 3.44. The van der Waals surface area contributed by atoms with E-state index in [9.17, 15) is 29.9 Å². The number of aromatic carboxylic acids is 1. The Balaban J connectivity index is 1.35. The third kappa shape index (κ3) is 4.64. The van der Waals surface area contributed by atoms with Gasteiger partial charge in [0.25, 0.3) is 0 Å². The first-order valence-corrected chi connectivity index (χ1v) is 10.4. The van der Waals surface area contributed by atoms with Gasteiger partial charge >= 0.3 is 13.1 Å². The fourth-order valence-electron chi connectivity index (χ4n) is 4.30. The Morgan fingerprint density at radius 3 is 2.61 bits per heavy atom. The van der Waals surface area contributed by atoms with Crippen molar-refractivity contribution >= 4 is 19.0 Å². The number of carbonyl (C=O) groups is 2. The standard InChI is InChI=1S/C20H27BN2O8/c1-22-4-5-30-11(8-22)6-17(24)23-9-12(10-23)31-16-3-2-13(14-7-15(14)21(28)29)19(25)18(16)20(26)27/h2-3,11-12,14-15,25,28-29H,4-10H2,1H3,(H,26,27)/t11-,14?,15-/m1/s1. The largest absolute Gasteiger partial charge is 0.507 e. The lowest BCUT2D eigenvalue weighted by Crippen LogP contribution is -2.57. The van der Waals surface area contributed by atoms with Gasteiger partial charge in [-0.2, -0.15) is 0 Å². The first kappa shape index (κ1) is 21.9. The van der Waals surface area contributed by atoms with Crippen molar-refractivity contribution < 1.29 is 39.3 Å². The van der Waals surface area contributed by atoms with Gasteiger partial charge in [0, 0.05) is 18.9 Å². The van der Waals surface area contributed by atoms with Crippen LogP contribution < -0.4 is 4.74 Å². The van der Waals surface area contributed by atoms with Crippen molar-refractivity contribution in [2.24, 2.45) is 0 Å². The maximum absolute atomic E-state index is 12.4. The van der Waals surface area contributed by atoms with Gasteiger partial charge in [0.15, 0.2) is 0 Å². The molecule has 1 unspecified atom stereocenters. The molecule has 1 aliphatic carbocycles. The summed E-state index contributed by atoms with van der Waals surface area (Å²) < 4.78 is 11.4. The highest BCUT2D eigenvalue weighted by atomic mass is 16.5. The minimum absolute atomic E-state index is 0.0286. The van der Waals surface area contributed by atoms with Crippen molar-refractivity contribution in [1.29, 1.82) is 0 Å². The summed E-state index contributed by atoms with van der Waals surface area (Å²) in [6.07, 6.45) is 0.268. The van der Waals surface area contributed by atoms with E-state index in [0.717, 1.165) is 6.54 Å². The molecule has 0 aromatic heterocycles. The second-order valence-electron chi connectivity index (χ2n) is 8.60. The van der Waals surface area contributed by atoms with Crippen LogP contribution in [0.3, 0.4) is 0 Å². The molecule has 0 radical (unpaired) electrons. The number of carbonyl (C=O) groups excluding carboxylic acids is 1. The molecule has 0 bridgehead atoms. The predicted molar refractivity (Wildman–Crippen MR) is 109 cm³/mol. The number of benzene rings is 1. The molecule has 3 aliphatic rings. The van der Waals surface area contributed by atoms with E-state index in [2.05, 4.69) is 4.90 Å². The molecule has 31 heavy (non-hydrogen) atoms. The zero-order valence-corrected chi connectivity index (χ0v) is 17.3. The number of morpholine rings is 1. The van der Waals surface area contributed by atoms with E-state index >= 15 is 0 Å². The number of hydrogen-bond acceptors (Lipinski definition) is 8. The molecule has 10 nitrogen and oxygen atoms in total. The van der Waals surface area contributed by atoms with E-state index in [-0.39, 0.29) is 35.3 Å². The van der Waals surface area contributed by atoms with Gasteiger partial charge in [0.1, 0.15) is 23.2 Å². The number of rotatable bonds is 7. The second-order valence-corrected chi connectivity index (χ2v) is 8.60. The van der Waals surface area contributed by atoms with Crippen molar-refractivity contribution in [3.05, 3.63) is 23.3 Å². The van der Waals surface area contributed by atoms with Crippen LogP contribution in [0.4, 0.5) is 0 Å². The Labute approximate surface area is 180 Å². The zero-order valence-electron chi connectivity index (χ0n) is 17.3. The molecule has 168 valence electrons. The van der Waals surface area contributed by atoms with Crippen molar-refractivity contribution in [1.82, 2.24) is 9.80 Å². The molecule has 2 aliphatic heterocycles. The van der Waals surface area contributed by atoms with Crippen LogP contribution in [0.25, 0.3) is 0 Å². The minimum Gasteiger partial charge on any atom is -0.507 e. The summed E-state index contributed by atoms with van der Waals surface area (Å²) in [5, 5.41) is 38.6. The van der Waals surface area contributed by atoms with Crippen molar-refractivity contribution in [2.45, 2.75) is 36.8 Å². The van der Waals surface area contributed by atoms with Gasteiger partial charge in [-0.25, -0.2) is 4.79 Å². The smallest absolute Gasteiger partial charge is 0.455 e. The van der Waals surface area contributed by atoms with E-state index in [4.69, 9.17) is 9.47 Å². The highest BCUT2D eigenvalue weighted by Gasteiger charge is 2.48. The molecule has 2 heterocycles. The maximum atomic E-state index is 12.4. The number of likely N-dealkylation sites (tertiary alicyclic amines) is 1. The quantitative estimate of drug-likeness (QED) is 0.427. The van der Waals surface area contributed by atoms with Crippen molar-refractivity contribution in [3.8, 4) is 11.5 Å². The van der Waals surface area contributed by atoms with Crippen molar-refractivity contribution in [2.75, 3.05) is 39.8 Å². The number of likely N-dealkylation sites (N-methyl/N-ethyl adjacent to an activating group) is 1. The third-order valence-corrected chi connectivity index (χ3v) is 6.25. The Morgan fingerprint density at radius 2 is 2.00 bits per heavy atom. The van der Waals surface area contributed by atoms with Crippen LogP contribution in [0.1, 0.15) is 34.7 Å². The summed E-state index contributed by atoms with van der Waals surface area (Å²) in [5.74, 6) is -2.46. The van der Waals surface area contributed by atoms with Gasteiger partial charge in [0.2, 0.25) is 5.91 Å². The van der Waals surface area contributed by atoms with Crippen LogP contribution in [0.5, 0.6) is 11.5 Å². The second kappa shape index (κ2) is 8.66. The number of carboxylic acid groups (broad SMARTS) is 1. The van der Waals surface area contributed by atoms with Crippen LogP contribution in [-0.4, -0.2) is 101 Å². The van der Waals surface area contributed by atoms with E-state index in [1.165, 1.54) is 6.07 Å². The highest BCUT2D eigenvalue weighted by Crippen LogP contribution is 2.56. The topological polar surface area (TPSA) is 140 Å². The summed E-state index contributed by atoms with van der Waals surface area (Å²) in [5.41, 5.74) is 0.0183. The Morgan fingerprint density at radius 1 is 1.26 bits per heavy atom. The number of nitrogens with zero attached hydrogens (tertiary/aromatic N) is 2. The average molecular weight is 434 g/mol. The molecular weight excluding hydrogens is 407 g/mol. The van der Waals surface area contributed by atoms with Crippen LogP contribution >= 0.6 is 0 Å². The lowest BCUT2D eigenvalue weighted by Gasteiger charge is -2.40. The number of amides is 1. The first-order valence-electron chi connectivity index (χ1n) is 10.4. The van der Waals surface area contributed by atoms with Gasteiger partial charge in [-0.1, -0.05) is 6.07 Å². The summed E-state index contributed by atoms with van der Waals surface area (Å²) in [4.78, 5) is 27.9. The van der Waals surface area contributed by atoms with Gasteiger partial charge in [0.05, 0.1) is 32.2 Å². The number of hydrogen-bond donors (Lipinski definition) is 4. The summed E-state index contributed by atoms with van der Waals surface area (Å²) in [7, 11) is 0.482. The molecule has 1 amide bonds. The monoisotopic (exact) mass is 434 g/mol. The van der Waals surface area contributed by atoms with E-state index in [1.54, 1.807) is 11.0 Å². The van der Waals surface area contributed by atoms with E-state index < -0.39 is 24.7 Å². The molecule has 11 heteroatoms. The first-order chi connectivity index (χ1) is 14.7. The van der Waals surface area contributed by atoms with Gasteiger partial charge < -0.3 is 39.5 Å². The number of carboxylic acids is 1. The highest BCUT2D eigenvalue weighted by molar-refractivity contribution is 6.44. The van der Waals surface area contributed by atoms with Crippen LogP contribution in [-0.2, 0) is 9.53 Å². The van der Waals surface area contributed by atoms with Crippen molar-refractivity contribution in [3.63, 3.8) is 0 Å². The fraction of sp³-hybridized carbons (Fsp3) is 0.600. The molecule has 1 aromatic carbocycles. The molecule has 3 fully saturated rings. The lowest BCUT2D eigenvalue weighted by atomic mass is 9.81. The Kier molecular flexibility index (Phi) is 6.11. The van der Waals surface area contributed by atoms with Crippen LogP contribution in [0, 0.1) is 0 Å². The minimum atomic E-state index is -1.51. The van der Waals surface area contributed by atoms with Crippen LogP contribution in [0.15, 0.2) is 12.1 Å². The number of phenols is 1. The SMILES string of the molecule is CN1CCO[C@H](CC(=O)N2CC(Oc3ccc(C4C[C@H]4B(O)O)c(O)c3C(=O)O)C2)C1. The maximum Gasteiger partial charge on any atom is 0.455 e. The fourth-order valence-corrected chi connectivity index (χ4v) is 4.30. The Hall–Kier alpha value is -2.34. The van der Waals surface area contributed by atoms with Gasteiger partial charge in [-0.15, -0.1) is 0 Å².